The van der Waals surface area contributed by atoms with Gasteiger partial charge >= 0.3 is 0 Å². The lowest BCUT2D eigenvalue weighted by Crippen LogP contribution is -2.37. The number of halogens is 1. The quantitative estimate of drug-likeness (QED) is 0.855. The van der Waals surface area contributed by atoms with E-state index in [0.29, 0.717) is 43.4 Å². The molecule has 0 bridgehead atoms. The minimum Gasteiger partial charge on any atom is -0.497 e. The number of hydrogen-bond donors (Lipinski definition) is 1. The van der Waals surface area contributed by atoms with Gasteiger partial charge in [-0.1, -0.05) is 0 Å². The van der Waals surface area contributed by atoms with Crippen molar-refractivity contribution in [3.63, 3.8) is 0 Å². The standard InChI is InChI=1S/C20H20FN3O4/c1-25-13-2-3-17-14(10-13)20(11-27-19(22)23-20)15-8-12(9-16(21)18(15)28-17)24-4-6-26-7-5-24/h2-3,8-10H,4-7,11H2,1H3,(H2,22,23)/t20-/m0/s1. The zero-order chi connectivity index (χ0) is 19.3. The van der Waals surface area contributed by atoms with Gasteiger partial charge in [0.25, 0.3) is 6.02 Å². The highest BCUT2D eigenvalue weighted by molar-refractivity contribution is 5.77. The van der Waals surface area contributed by atoms with Crippen LogP contribution in [-0.2, 0) is 15.0 Å². The van der Waals surface area contributed by atoms with Crippen LogP contribution >= 0.6 is 0 Å². The van der Waals surface area contributed by atoms with Gasteiger partial charge < -0.3 is 29.6 Å². The van der Waals surface area contributed by atoms with Crippen molar-refractivity contribution in [3.8, 4) is 17.2 Å². The van der Waals surface area contributed by atoms with Crippen LogP contribution in [0.2, 0.25) is 0 Å². The molecule has 7 nitrogen and oxygen atoms in total. The maximum Gasteiger partial charge on any atom is 0.283 e. The van der Waals surface area contributed by atoms with Gasteiger partial charge in [0, 0.05) is 36.0 Å². The first kappa shape index (κ1) is 17.1. The molecule has 1 saturated heterocycles. The SMILES string of the molecule is COc1ccc2c(c1)[C@@]1(COC(N)=N1)c1cc(N3CCOCC3)cc(F)c1O2. The van der Waals surface area contributed by atoms with Crippen LogP contribution in [0.5, 0.6) is 17.2 Å². The predicted octanol–water partition coefficient (Wildman–Crippen LogP) is 2.37. The second-order valence-electron chi connectivity index (χ2n) is 6.97. The Kier molecular flexibility index (Phi) is 3.83. The molecule has 3 aliphatic rings. The van der Waals surface area contributed by atoms with E-state index in [4.69, 9.17) is 24.7 Å². The number of ether oxygens (including phenoxy) is 4. The number of aliphatic imine (C=N–C) groups is 1. The number of nitrogens with two attached hydrogens (primary N) is 1. The van der Waals surface area contributed by atoms with E-state index in [-0.39, 0.29) is 18.4 Å². The third kappa shape index (κ3) is 2.48. The average molecular weight is 385 g/mol. The zero-order valence-corrected chi connectivity index (χ0v) is 15.4. The lowest BCUT2D eigenvalue weighted by Gasteiger charge is -2.36. The maximum absolute atomic E-state index is 15.1. The van der Waals surface area contributed by atoms with Crippen LogP contribution in [0.25, 0.3) is 0 Å². The molecule has 146 valence electrons. The monoisotopic (exact) mass is 385 g/mol. The highest BCUT2D eigenvalue weighted by Gasteiger charge is 2.48. The molecule has 2 aromatic rings. The predicted molar refractivity (Wildman–Crippen MR) is 101 cm³/mol. The molecule has 0 aliphatic carbocycles. The number of rotatable bonds is 2. The molecule has 0 radical (unpaired) electrons. The van der Waals surface area contributed by atoms with Crippen molar-refractivity contribution in [3.05, 3.63) is 47.3 Å². The van der Waals surface area contributed by atoms with Gasteiger partial charge in [0.1, 0.15) is 18.1 Å². The Hall–Kier alpha value is -3.00. The molecule has 0 unspecified atom stereocenters. The van der Waals surface area contributed by atoms with Crippen molar-refractivity contribution in [2.24, 2.45) is 10.7 Å². The summed E-state index contributed by atoms with van der Waals surface area (Å²) >= 11 is 0. The Bertz CT molecular complexity index is 974. The molecule has 28 heavy (non-hydrogen) atoms. The van der Waals surface area contributed by atoms with Gasteiger partial charge in [-0.05, 0) is 24.3 Å². The lowest BCUT2D eigenvalue weighted by molar-refractivity contribution is 0.122. The smallest absolute Gasteiger partial charge is 0.283 e. The first-order chi connectivity index (χ1) is 13.6. The summed E-state index contributed by atoms with van der Waals surface area (Å²) in [5.74, 6) is 0.862. The highest BCUT2D eigenvalue weighted by atomic mass is 19.1. The fraction of sp³-hybridized carbons (Fsp3) is 0.350. The van der Waals surface area contributed by atoms with Crippen LogP contribution in [0.4, 0.5) is 10.1 Å². The molecular formula is C20H20FN3O4. The van der Waals surface area contributed by atoms with Crippen LogP contribution < -0.4 is 20.1 Å². The Morgan fingerprint density at radius 1 is 1.18 bits per heavy atom. The third-order valence-electron chi connectivity index (χ3n) is 5.42. The van der Waals surface area contributed by atoms with Crippen molar-refractivity contribution < 1.29 is 23.3 Å². The Morgan fingerprint density at radius 3 is 2.71 bits per heavy atom. The van der Waals surface area contributed by atoms with Crippen molar-refractivity contribution >= 4 is 11.7 Å². The number of anilines is 1. The van der Waals surface area contributed by atoms with E-state index in [1.165, 1.54) is 6.07 Å². The summed E-state index contributed by atoms with van der Waals surface area (Å²) in [4.78, 5) is 6.68. The highest BCUT2D eigenvalue weighted by Crippen LogP contribution is 2.53. The lowest BCUT2D eigenvalue weighted by atomic mass is 9.81. The average Bonchev–Trinajstić information content (AvgIpc) is 3.11. The van der Waals surface area contributed by atoms with Crippen molar-refractivity contribution in [1.29, 1.82) is 0 Å². The molecule has 8 heteroatoms. The van der Waals surface area contributed by atoms with Gasteiger partial charge in [0.2, 0.25) is 0 Å². The maximum atomic E-state index is 15.1. The number of methoxy groups -OCH3 is 1. The molecular weight excluding hydrogens is 365 g/mol. The number of benzene rings is 2. The summed E-state index contributed by atoms with van der Waals surface area (Å²) in [5.41, 5.74) is 6.98. The molecule has 2 aromatic carbocycles. The number of nitrogens with zero attached hydrogens (tertiary/aromatic N) is 2. The van der Waals surface area contributed by atoms with Gasteiger partial charge in [-0.3, -0.25) is 0 Å². The first-order valence-corrected chi connectivity index (χ1v) is 9.12. The van der Waals surface area contributed by atoms with Crippen LogP contribution in [0.15, 0.2) is 35.3 Å². The topological polar surface area (TPSA) is 78.5 Å². The molecule has 1 spiro atoms. The van der Waals surface area contributed by atoms with E-state index < -0.39 is 11.4 Å². The van der Waals surface area contributed by atoms with Gasteiger partial charge in [0.05, 0.1) is 20.3 Å². The van der Waals surface area contributed by atoms with Crippen LogP contribution in [0, 0.1) is 5.82 Å². The Balaban J connectivity index is 1.71. The zero-order valence-electron chi connectivity index (χ0n) is 15.4. The van der Waals surface area contributed by atoms with Crippen LogP contribution in [0.3, 0.4) is 0 Å². The Labute approximate surface area is 161 Å². The van der Waals surface area contributed by atoms with E-state index in [2.05, 4.69) is 9.89 Å². The fourth-order valence-corrected chi connectivity index (χ4v) is 4.00. The van der Waals surface area contributed by atoms with Crippen molar-refractivity contribution in [2.45, 2.75) is 5.54 Å². The van der Waals surface area contributed by atoms with E-state index in [9.17, 15) is 0 Å². The third-order valence-corrected chi connectivity index (χ3v) is 5.42. The van der Waals surface area contributed by atoms with E-state index >= 15 is 4.39 Å². The second-order valence-corrected chi connectivity index (χ2v) is 6.97. The van der Waals surface area contributed by atoms with Crippen molar-refractivity contribution in [1.82, 2.24) is 0 Å². The van der Waals surface area contributed by atoms with Crippen molar-refractivity contribution in [2.75, 3.05) is 44.9 Å². The molecule has 1 atom stereocenters. The molecule has 3 aliphatic heterocycles. The minimum absolute atomic E-state index is 0.0683. The normalized spacial score (nSPS) is 22.8. The number of amidine groups is 1. The summed E-state index contributed by atoms with van der Waals surface area (Å²) in [6, 6.07) is 8.83. The molecule has 1 fully saturated rings. The summed E-state index contributed by atoms with van der Waals surface area (Å²) in [7, 11) is 1.59. The molecule has 0 aromatic heterocycles. The summed E-state index contributed by atoms with van der Waals surface area (Å²) < 4.78 is 37.4. The number of morpholine rings is 1. The number of hydrogen-bond acceptors (Lipinski definition) is 7. The number of fused-ring (bicyclic) bond motifs is 4. The van der Waals surface area contributed by atoms with Gasteiger partial charge in [-0.25, -0.2) is 9.38 Å². The second kappa shape index (κ2) is 6.27. The first-order valence-electron chi connectivity index (χ1n) is 9.12. The van der Waals surface area contributed by atoms with Crippen LogP contribution in [-0.4, -0.2) is 46.0 Å². The summed E-state index contributed by atoms with van der Waals surface area (Å²) in [6.45, 7) is 2.77. The molecule has 0 amide bonds. The van der Waals surface area contributed by atoms with Gasteiger partial charge in [-0.15, -0.1) is 0 Å². The minimum atomic E-state index is -0.981. The fourth-order valence-electron chi connectivity index (χ4n) is 4.00. The van der Waals surface area contributed by atoms with E-state index in [1.54, 1.807) is 19.2 Å². The van der Waals surface area contributed by atoms with Gasteiger partial charge in [0.15, 0.2) is 17.1 Å². The van der Waals surface area contributed by atoms with Gasteiger partial charge in [-0.2, -0.15) is 0 Å². The van der Waals surface area contributed by atoms with Crippen LogP contribution in [0.1, 0.15) is 11.1 Å². The van der Waals surface area contributed by atoms with E-state index in [0.717, 1.165) is 11.3 Å². The van der Waals surface area contributed by atoms with E-state index in [1.807, 2.05) is 12.1 Å². The largest absolute Gasteiger partial charge is 0.497 e. The summed E-state index contributed by atoms with van der Waals surface area (Å²) in [5, 5.41) is 0. The molecule has 2 N–H and O–H groups in total. The summed E-state index contributed by atoms with van der Waals surface area (Å²) in [6.07, 6.45) is 0. The Morgan fingerprint density at radius 2 is 2.00 bits per heavy atom. The molecule has 5 rings (SSSR count). The molecule has 3 heterocycles. The molecule has 0 saturated carbocycles.